The molecule has 0 unspecified atom stereocenters. The highest BCUT2D eigenvalue weighted by Gasteiger charge is 2.17. The molecule has 0 fully saturated rings. The molecule has 0 saturated carbocycles. The largest absolute Gasteiger partial charge is 0.497 e. The van der Waals surface area contributed by atoms with Gasteiger partial charge in [-0.15, -0.1) is 0 Å². The van der Waals surface area contributed by atoms with Crippen LogP contribution in [0.1, 0.15) is 11.1 Å². The van der Waals surface area contributed by atoms with Crippen LogP contribution in [0.4, 0.5) is 21.0 Å². The van der Waals surface area contributed by atoms with Gasteiger partial charge in [0.15, 0.2) is 0 Å². The van der Waals surface area contributed by atoms with Crippen molar-refractivity contribution >= 4 is 36.0 Å². The summed E-state index contributed by atoms with van der Waals surface area (Å²) in [6.07, 6.45) is -0.0139. The summed E-state index contributed by atoms with van der Waals surface area (Å²) < 4.78 is 20.9. The van der Waals surface area contributed by atoms with Crippen molar-refractivity contribution in [1.82, 2.24) is 0 Å². The summed E-state index contributed by atoms with van der Waals surface area (Å²) in [4.78, 5) is 23.7. The molecule has 0 heterocycles. The molecule has 0 spiro atoms. The average molecular weight is 523 g/mol. The van der Waals surface area contributed by atoms with Gasteiger partial charge in [-0.25, -0.2) is 9.59 Å². The van der Waals surface area contributed by atoms with Crippen molar-refractivity contribution < 1.29 is 38.7 Å². The van der Waals surface area contributed by atoms with E-state index in [9.17, 15) is 19.8 Å². The maximum Gasteiger partial charge on any atom is 0.432 e. The molecule has 198 valence electrons. The minimum atomic E-state index is -1.34. The number of ether oxygens (including phenoxy) is 4. The molecule has 3 rings (SSSR count). The standard InChI is InChI=1S/C26H26N4O8/c1-35-21-9-17(10-22(13-21)36-2)15-27-29(25(31)32)19-5-7-20(8-6-19)30(26(33)34)28-16-18-11-23(37-3)14-24(12-18)38-4/h5-16H,1-4H3,(H,31,32)(H,33,34). The van der Waals surface area contributed by atoms with Crippen LogP contribution in [0.15, 0.2) is 70.9 Å². The van der Waals surface area contributed by atoms with Crippen LogP contribution < -0.4 is 29.0 Å². The van der Waals surface area contributed by atoms with Crippen molar-refractivity contribution in [3.8, 4) is 23.0 Å². The fourth-order valence-electron chi connectivity index (χ4n) is 3.24. The monoisotopic (exact) mass is 522 g/mol. The number of anilines is 2. The van der Waals surface area contributed by atoms with Crippen LogP contribution in [0, 0.1) is 0 Å². The lowest BCUT2D eigenvalue weighted by Gasteiger charge is -2.16. The molecule has 12 nitrogen and oxygen atoms in total. The number of benzene rings is 3. The molecule has 0 aromatic heterocycles. The Hall–Kier alpha value is -5.26. The first kappa shape index (κ1) is 27.3. The second-order valence-corrected chi connectivity index (χ2v) is 7.49. The number of hydrogen-bond acceptors (Lipinski definition) is 8. The van der Waals surface area contributed by atoms with Crippen molar-refractivity contribution in [3.63, 3.8) is 0 Å². The zero-order valence-electron chi connectivity index (χ0n) is 21.1. The summed E-state index contributed by atoms with van der Waals surface area (Å²) in [6.45, 7) is 0. The highest BCUT2D eigenvalue weighted by atomic mass is 16.5. The normalized spacial score (nSPS) is 10.8. The molecule has 2 amide bonds. The Balaban J connectivity index is 1.85. The van der Waals surface area contributed by atoms with E-state index in [4.69, 9.17) is 18.9 Å². The fourth-order valence-corrected chi connectivity index (χ4v) is 3.24. The van der Waals surface area contributed by atoms with Gasteiger partial charge in [-0.2, -0.15) is 20.2 Å². The molecule has 0 atom stereocenters. The predicted octanol–water partition coefficient (Wildman–Crippen LogP) is 4.76. The smallest absolute Gasteiger partial charge is 0.432 e. The van der Waals surface area contributed by atoms with Crippen molar-refractivity contribution in [2.24, 2.45) is 10.2 Å². The van der Waals surface area contributed by atoms with E-state index in [2.05, 4.69) is 10.2 Å². The first-order valence-corrected chi connectivity index (χ1v) is 11.0. The number of methoxy groups -OCH3 is 4. The topological polar surface area (TPSA) is 143 Å². The van der Waals surface area contributed by atoms with E-state index in [-0.39, 0.29) is 11.4 Å². The number of nitrogens with zero attached hydrogens (tertiary/aromatic N) is 4. The van der Waals surface area contributed by atoms with E-state index < -0.39 is 12.2 Å². The Morgan fingerprint density at radius 1 is 0.605 bits per heavy atom. The van der Waals surface area contributed by atoms with Gasteiger partial charge in [0, 0.05) is 23.3 Å². The van der Waals surface area contributed by atoms with E-state index in [1.165, 1.54) is 65.1 Å². The number of rotatable bonds is 10. The van der Waals surface area contributed by atoms with E-state index in [1.54, 1.807) is 36.4 Å². The molecule has 0 aliphatic rings. The zero-order valence-corrected chi connectivity index (χ0v) is 21.1. The van der Waals surface area contributed by atoms with Crippen molar-refractivity contribution in [2.45, 2.75) is 0 Å². The lowest BCUT2D eigenvalue weighted by molar-refractivity contribution is 0.201. The molecule has 2 N–H and O–H groups in total. The number of carbonyl (C=O) groups is 2. The maximum absolute atomic E-state index is 11.9. The first-order valence-electron chi connectivity index (χ1n) is 11.0. The highest BCUT2D eigenvalue weighted by Crippen LogP contribution is 2.25. The Bertz CT molecular complexity index is 1190. The molecule has 12 heteroatoms. The van der Waals surface area contributed by atoms with Crippen LogP contribution in [0.3, 0.4) is 0 Å². The van der Waals surface area contributed by atoms with Gasteiger partial charge in [-0.1, -0.05) is 0 Å². The Labute approximate surface area is 218 Å². The minimum absolute atomic E-state index is 0.180. The van der Waals surface area contributed by atoms with Crippen LogP contribution in [-0.2, 0) is 0 Å². The number of hydrazone groups is 2. The Morgan fingerprint density at radius 3 is 1.13 bits per heavy atom. The first-order chi connectivity index (χ1) is 18.3. The quantitative estimate of drug-likeness (QED) is 0.287. The summed E-state index contributed by atoms with van der Waals surface area (Å²) in [7, 11) is 6.00. The molecular formula is C26H26N4O8. The summed E-state index contributed by atoms with van der Waals surface area (Å²) in [5.41, 5.74) is 1.45. The summed E-state index contributed by atoms with van der Waals surface area (Å²) in [5, 5.41) is 28.9. The molecule has 0 radical (unpaired) electrons. The molecule has 38 heavy (non-hydrogen) atoms. The van der Waals surface area contributed by atoms with Gasteiger partial charge in [0.25, 0.3) is 0 Å². The fraction of sp³-hybridized carbons (Fsp3) is 0.154. The van der Waals surface area contributed by atoms with Gasteiger partial charge in [0.1, 0.15) is 23.0 Å². The number of hydrogen-bond donors (Lipinski definition) is 2. The van der Waals surface area contributed by atoms with Gasteiger partial charge in [-0.05, 0) is 48.5 Å². The van der Waals surface area contributed by atoms with Crippen LogP contribution in [0.25, 0.3) is 0 Å². The van der Waals surface area contributed by atoms with Crippen LogP contribution in [0.2, 0.25) is 0 Å². The number of amides is 2. The number of carboxylic acid groups (broad SMARTS) is 2. The van der Waals surface area contributed by atoms with Crippen LogP contribution >= 0.6 is 0 Å². The molecule has 3 aromatic rings. The van der Waals surface area contributed by atoms with Crippen molar-refractivity contribution in [1.29, 1.82) is 0 Å². The van der Waals surface area contributed by atoms with Gasteiger partial charge < -0.3 is 29.2 Å². The summed E-state index contributed by atoms with van der Waals surface area (Å²) >= 11 is 0. The van der Waals surface area contributed by atoms with E-state index >= 15 is 0 Å². The van der Waals surface area contributed by atoms with Gasteiger partial charge in [0.05, 0.1) is 52.2 Å². The molecule has 0 bridgehead atoms. The second kappa shape index (κ2) is 12.6. The average Bonchev–Trinajstić information content (AvgIpc) is 2.93. The third kappa shape index (κ3) is 6.91. The summed E-state index contributed by atoms with van der Waals surface area (Å²) in [6, 6.07) is 15.6. The molecule has 0 saturated heterocycles. The molecule has 0 aliphatic heterocycles. The van der Waals surface area contributed by atoms with Crippen molar-refractivity contribution in [3.05, 3.63) is 71.8 Å². The predicted molar refractivity (Wildman–Crippen MR) is 142 cm³/mol. The van der Waals surface area contributed by atoms with Gasteiger partial charge in [0.2, 0.25) is 0 Å². The highest BCUT2D eigenvalue weighted by molar-refractivity contribution is 5.92. The van der Waals surface area contributed by atoms with Crippen LogP contribution in [0.5, 0.6) is 23.0 Å². The minimum Gasteiger partial charge on any atom is -0.497 e. The lowest BCUT2D eigenvalue weighted by Crippen LogP contribution is -2.25. The Morgan fingerprint density at radius 2 is 0.895 bits per heavy atom. The molecular weight excluding hydrogens is 496 g/mol. The lowest BCUT2D eigenvalue weighted by atomic mass is 10.2. The van der Waals surface area contributed by atoms with E-state index in [0.29, 0.717) is 34.1 Å². The maximum atomic E-state index is 11.9. The second-order valence-electron chi connectivity index (χ2n) is 7.49. The summed E-state index contributed by atoms with van der Waals surface area (Å²) in [5.74, 6) is 2.05. The molecule has 3 aromatic carbocycles. The van der Waals surface area contributed by atoms with E-state index in [0.717, 1.165) is 10.0 Å². The third-order valence-corrected chi connectivity index (χ3v) is 5.09. The van der Waals surface area contributed by atoms with Gasteiger partial charge >= 0.3 is 12.2 Å². The SMILES string of the molecule is COc1cc(C=NN(C(=O)O)c2ccc(N(N=Cc3cc(OC)cc(OC)c3)C(=O)O)cc2)cc(OC)c1. The van der Waals surface area contributed by atoms with Crippen LogP contribution in [-0.4, -0.2) is 63.3 Å². The van der Waals surface area contributed by atoms with Gasteiger partial charge in [-0.3, -0.25) is 0 Å². The third-order valence-electron chi connectivity index (χ3n) is 5.09. The zero-order chi connectivity index (χ0) is 27.7. The Kier molecular flexibility index (Phi) is 9.08. The molecule has 0 aliphatic carbocycles. The van der Waals surface area contributed by atoms with E-state index in [1.807, 2.05) is 0 Å². The van der Waals surface area contributed by atoms with Crippen molar-refractivity contribution in [2.75, 3.05) is 38.5 Å².